The standard InChI is InChI=1S/C9H19N3O2/c10-3-1-6-14-7-5-12-4-2-8(12)9(11)13/h8H,1-7,10H2,(H2,11,13). The maximum absolute atomic E-state index is 10.9. The van der Waals surface area contributed by atoms with E-state index < -0.39 is 0 Å². The summed E-state index contributed by atoms with van der Waals surface area (Å²) in [6, 6.07) is -0.0619. The third-order valence-electron chi connectivity index (χ3n) is 2.47. The van der Waals surface area contributed by atoms with Gasteiger partial charge in [0.05, 0.1) is 12.6 Å². The van der Waals surface area contributed by atoms with Crippen LogP contribution in [0.15, 0.2) is 0 Å². The molecule has 1 saturated heterocycles. The average molecular weight is 201 g/mol. The van der Waals surface area contributed by atoms with E-state index in [4.69, 9.17) is 16.2 Å². The number of hydrogen-bond acceptors (Lipinski definition) is 4. The van der Waals surface area contributed by atoms with E-state index in [1.54, 1.807) is 0 Å². The third-order valence-corrected chi connectivity index (χ3v) is 2.47. The summed E-state index contributed by atoms with van der Waals surface area (Å²) in [6.07, 6.45) is 1.78. The van der Waals surface area contributed by atoms with Crippen LogP contribution in [0.4, 0.5) is 0 Å². The highest BCUT2D eigenvalue weighted by atomic mass is 16.5. The Labute approximate surface area is 84.4 Å². The Morgan fingerprint density at radius 1 is 1.50 bits per heavy atom. The minimum atomic E-state index is -0.224. The number of rotatable bonds is 7. The van der Waals surface area contributed by atoms with Gasteiger partial charge in [0.25, 0.3) is 0 Å². The third kappa shape index (κ3) is 3.25. The number of carbonyl (C=O) groups excluding carboxylic acids is 1. The molecule has 5 nitrogen and oxygen atoms in total. The van der Waals surface area contributed by atoms with Crippen LogP contribution in [-0.2, 0) is 9.53 Å². The lowest BCUT2D eigenvalue weighted by Crippen LogP contribution is -2.55. The molecule has 82 valence electrons. The van der Waals surface area contributed by atoms with E-state index >= 15 is 0 Å². The summed E-state index contributed by atoms with van der Waals surface area (Å²) in [5.41, 5.74) is 10.5. The minimum absolute atomic E-state index is 0.0619. The maximum atomic E-state index is 10.9. The van der Waals surface area contributed by atoms with Gasteiger partial charge in [-0.3, -0.25) is 9.69 Å². The van der Waals surface area contributed by atoms with Crippen molar-refractivity contribution in [3.05, 3.63) is 0 Å². The molecule has 1 atom stereocenters. The van der Waals surface area contributed by atoms with Gasteiger partial charge in [0, 0.05) is 19.7 Å². The highest BCUT2D eigenvalue weighted by molar-refractivity contribution is 5.80. The van der Waals surface area contributed by atoms with Gasteiger partial charge in [-0.15, -0.1) is 0 Å². The lowest BCUT2D eigenvalue weighted by molar-refractivity contribution is -0.127. The molecule has 0 saturated carbocycles. The van der Waals surface area contributed by atoms with Crippen molar-refractivity contribution in [1.82, 2.24) is 4.90 Å². The summed E-state index contributed by atoms with van der Waals surface area (Å²) in [4.78, 5) is 12.9. The molecule has 0 bridgehead atoms. The molecule has 0 spiro atoms. The zero-order valence-electron chi connectivity index (χ0n) is 8.45. The Morgan fingerprint density at radius 2 is 2.29 bits per heavy atom. The first-order valence-corrected chi connectivity index (χ1v) is 5.07. The molecule has 1 aliphatic heterocycles. The summed E-state index contributed by atoms with van der Waals surface area (Å²) >= 11 is 0. The molecule has 0 aliphatic carbocycles. The van der Waals surface area contributed by atoms with Crippen LogP contribution >= 0.6 is 0 Å². The summed E-state index contributed by atoms with van der Waals surface area (Å²) in [7, 11) is 0. The number of nitrogens with zero attached hydrogens (tertiary/aromatic N) is 1. The molecule has 1 heterocycles. The van der Waals surface area contributed by atoms with E-state index in [1.165, 1.54) is 0 Å². The number of ether oxygens (including phenoxy) is 1. The molecular formula is C9H19N3O2. The molecule has 0 aromatic heterocycles. The normalized spacial score (nSPS) is 21.9. The van der Waals surface area contributed by atoms with Gasteiger partial charge in [0.2, 0.25) is 5.91 Å². The molecule has 1 fully saturated rings. The number of likely N-dealkylation sites (tertiary alicyclic amines) is 1. The van der Waals surface area contributed by atoms with Crippen molar-refractivity contribution in [3.8, 4) is 0 Å². The first kappa shape index (κ1) is 11.4. The van der Waals surface area contributed by atoms with Crippen molar-refractivity contribution in [2.75, 3.05) is 32.8 Å². The Kier molecular flexibility index (Phi) is 4.86. The molecule has 5 heteroatoms. The van der Waals surface area contributed by atoms with E-state index in [0.717, 1.165) is 25.9 Å². The van der Waals surface area contributed by atoms with E-state index in [1.807, 2.05) is 4.90 Å². The van der Waals surface area contributed by atoms with Gasteiger partial charge in [0.1, 0.15) is 0 Å². The lowest BCUT2D eigenvalue weighted by Gasteiger charge is -2.38. The smallest absolute Gasteiger partial charge is 0.234 e. The molecule has 0 aromatic carbocycles. The molecular weight excluding hydrogens is 182 g/mol. The highest BCUT2D eigenvalue weighted by Crippen LogP contribution is 2.15. The highest BCUT2D eigenvalue weighted by Gasteiger charge is 2.31. The van der Waals surface area contributed by atoms with E-state index in [-0.39, 0.29) is 11.9 Å². The second-order valence-corrected chi connectivity index (χ2v) is 3.50. The van der Waals surface area contributed by atoms with Gasteiger partial charge in [-0.2, -0.15) is 0 Å². The Balaban J connectivity index is 1.99. The van der Waals surface area contributed by atoms with E-state index in [0.29, 0.717) is 19.8 Å². The fourth-order valence-corrected chi connectivity index (χ4v) is 1.50. The van der Waals surface area contributed by atoms with Crippen LogP contribution in [0.2, 0.25) is 0 Å². The number of hydrogen-bond donors (Lipinski definition) is 2. The molecule has 1 aliphatic rings. The Morgan fingerprint density at radius 3 is 2.79 bits per heavy atom. The zero-order valence-corrected chi connectivity index (χ0v) is 8.45. The van der Waals surface area contributed by atoms with Crippen molar-refractivity contribution in [1.29, 1.82) is 0 Å². The zero-order chi connectivity index (χ0) is 10.4. The van der Waals surface area contributed by atoms with Crippen LogP contribution in [0.3, 0.4) is 0 Å². The largest absolute Gasteiger partial charge is 0.380 e. The van der Waals surface area contributed by atoms with Gasteiger partial charge in [-0.1, -0.05) is 0 Å². The molecule has 1 amide bonds. The summed E-state index contributed by atoms with van der Waals surface area (Å²) < 4.78 is 5.33. The van der Waals surface area contributed by atoms with E-state index in [9.17, 15) is 4.79 Å². The van der Waals surface area contributed by atoms with Crippen LogP contribution < -0.4 is 11.5 Å². The molecule has 1 rings (SSSR count). The molecule has 14 heavy (non-hydrogen) atoms. The van der Waals surface area contributed by atoms with Gasteiger partial charge >= 0.3 is 0 Å². The quantitative estimate of drug-likeness (QED) is 0.513. The van der Waals surface area contributed by atoms with Crippen LogP contribution in [0.1, 0.15) is 12.8 Å². The van der Waals surface area contributed by atoms with Gasteiger partial charge in [0.15, 0.2) is 0 Å². The molecule has 1 unspecified atom stereocenters. The second kappa shape index (κ2) is 5.95. The van der Waals surface area contributed by atoms with Gasteiger partial charge < -0.3 is 16.2 Å². The average Bonchev–Trinajstić information content (AvgIpc) is 2.08. The fraction of sp³-hybridized carbons (Fsp3) is 0.889. The summed E-state index contributed by atoms with van der Waals surface area (Å²) in [5.74, 6) is -0.224. The van der Waals surface area contributed by atoms with Crippen molar-refractivity contribution < 1.29 is 9.53 Å². The fourth-order valence-electron chi connectivity index (χ4n) is 1.50. The SMILES string of the molecule is NCCCOCCN1CCC1C(N)=O. The Hall–Kier alpha value is -0.650. The number of primary amides is 1. The van der Waals surface area contributed by atoms with Crippen molar-refractivity contribution in [2.45, 2.75) is 18.9 Å². The predicted octanol–water partition coefficient (Wildman–Crippen LogP) is -1.09. The molecule has 0 aromatic rings. The molecule has 4 N–H and O–H groups in total. The van der Waals surface area contributed by atoms with Crippen LogP contribution in [0, 0.1) is 0 Å². The van der Waals surface area contributed by atoms with Crippen molar-refractivity contribution >= 4 is 5.91 Å². The van der Waals surface area contributed by atoms with Gasteiger partial charge in [-0.05, 0) is 19.4 Å². The maximum Gasteiger partial charge on any atom is 0.234 e. The van der Waals surface area contributed by atoms with Crippen LogP contribution in [-0.4, -0.2) is 49.7 Å². The monoisotopic (exact) mass is 201 g/mol. The Bertz CT molecular complexity index is 187. The summed E-state index contributed by atoms with van der Waals surface area (Å²) in [6.45, 7) is 3.76. The van der Waals surface area contributed by atoms with E-state index in [2.05, 4.69) is 0 Å². The topological polar surface area (TPSA) is 81.6 Å². The van der Waals surface area contributed by atoms with Gasteiger partial charge in [-0.25, -0.2) is 0 Å². The second-order valence-electron chi connectivity index (χ2n) is 3.50. The van der Waals surface area contributed by atoms with Crippen LogP contribution in [0.25, 0.3) is 0 Å². The number of amides is 1. The minimum Gasteiger partial charge on any atom is -0.380 e. The van der Waals surface area contributed by atoms with Crippen molar-refractivity contribution in [2.24, 2.45) is 11.5 Å². The van der Waals surface area contributed by atoms with Crippen molar-refractivity contribution in [3.63, 3.8) is 0 Å². The van der Waals surface area contributed by atoms with Crippen LogP contribution in [0.5, 0.6) is 0 Å². The molecule has 0 radical (unpaired) electrons. The number of nitrogens with two attached hydrogens (primary N) is 2. The number of carbonyl (C=O) groups is 1. The predicted molar refractivity (Wildman–Crippen MR) is 53.7 cm³/mol. The lowest BCUT2D eigenvalue weighted by atomic mass is 10.0. The first-order valence-electron chi connectivity index (χ1n) is 5.07. The summed E-state index contributed by atoms with van der Waals surface area (Å²) in [5, 5.41) is 0. The first-order chi connectivity index (χ1) is 6.75.